The highest BCUT2D eigenvalue weighted by Gasteiger charge is 2.44. The van der Waals surface area contributed by atoms with Gasteiger partial charge in [0.25, 0.3) is 0 Å². The minimum atomic E-state index is -0.733. The molecule has 1 spiro atoms. The minimum absolute atomic E-state index is 0.733. The molecule has 2 aliphatic heterocycles. The molecule has 3 aromatic rings. The van der Waals surface area contributed by atoms with E-state index >= 15 is 0 Å². The Labute approximate surface area is 152 Å². The molecule has 2 aliphatic rings. The first-order valence-electron chi connectivity index (χ1n) is 8.73. The van der Waals surface area contributed by atoms with E-state index in [1.54, 1.807) is 0 Å². The number of nitrogens with zero attached hydrogens (tertiary/aromatic N) is 2. The molecule has 126 valence electrons. The average Bonchev–Trinajstić information content (AvgIpc) is 2.71. The van der Waals surface area contributed by atoms with Crippen LogP contribution in [0.5, 0.6) is 5.75 Å². The summed E-state index contributed by atoms with van der Waals surface area (Å²) < 4.78 is 6.52. The lowest BCUT2D eigenvalue weighted by Gasteiger charge is -2.44. The third kappa shape index (κ3) is 2.10. The lowest BCUT2D eigenvalue weighted by molar-refractivity contribution is -0.0379. The van der Waals surface area contributed by atoms with Gasteiger partial charge in [-0.2, -0.15) is 5.10 Å². The molecule has 3 nitrogen and oxygen atoms in total. The van der Waals surface area contributed by atoms with E-state index in [0.29, 0.717) is 0 Å². The first-order valence-corrected chi connectivity index (χ1v) is 8.73. The lowest BCUT2D eigenvalue weighted by Crippen LogP contribution is -2.49. The minimum Gasteiger partial charge on any atom is -0.458 e. The molecule has 0 N–H and O–H groups in total. The van der Waals surface area contributed by atoms with Gasteiger partial charge in [0.15, 0.2) is 0 Å². The Kier molecular flexibility index (Phi) is 3.22. The van der Waals surface area contributed by atoms with Crippen molar-refractivity contribution in [3.05, 3.63) is 107 Å². The van der Waals surface area contributed by atoms with Crippen molar-refractivity contribution in [3.8, 4) is 5.75 Å². The highest BCUT2D eigenvalue weighted by Crippen LogP contribution is 2.43. The van der Waals surface area contributed by atoms with E-state index in [0.717, 1.165) is 33.7 Å². The van der Waals surface area contributed by atoms with Crippen molar-refractivity contribution in [1.82, 2.24) is 5.01 Å². The Morgan fingerprint density at radius 3 is 2.46 bits per heavy atom. The molecule has 5 rings (SSSR count). The third-order valence-electron chi connectivity index (χ3n) is 5.02. The highest BCUT2D eigenvalue weighted by molar-refractivity contribution is 6.14. The summed E-state index contributed by atoms with van der Waals surface area (Å²) in [7, 11) is 1.97. The largest absolute Gasteiger partial charge is 0.458 e. The Hall–Kier alpha value is -3.33. The van der Waals surface area contributed by atoms with Gasteiger partial charge in [-0.25, -0.2) is 0 Å². The molecule has 0 bridgehead atoms. The fourth-order valence-electron chi connectivity index (χ4n) is 3.70. The van der Waals surface area contributed by atoms with E-state index in [9.17, 15) is 0 Å². The van der Waals surface area contributed by atoms with Crippen LogP contribution in [0.2, 0.25) is 0 Å². The molecular weight excluding hydrogens is 320 g/mol. The number of hydrazone groups is 1. The smallest absolute Gasteiger partial charge is 0.244 e. The van der Waals surface area contributed by atoms with Crippen LogP contribution in [0.3, 0.4) is 0 Å². The molecule has 0 saturated heterocycles. The van der Waals surface area contributed by atoms with E-state index in [-0.39, 0.29) is 0 Å². The van der Waals surface area contributed by atoms with Crippen molar-refractivity contribution < 1.29 is 4.74 Å². The maximum Gasteiger partial charge on any atom is 0.244 e. The van der Waals surface area contributed by atoms with Crippen molar-refractivity contribution in [2.75, 3.05) is 7.05 Å². The van der Waals surface area contributed by atoms with Crippen LogP contribution in [-0.4, -0.2) is 17.8 Å². The van der Waals surface area contributed by atoms with Gasteiger partial charge >= 0.3 is 0 Å². The summed E-state index contributed by atoms with van der Waals surface area (Å²) in [6.45, 7) is 0. The van der Waals surface area contributed by atoms with Crippen LogP contribution in [0, 0.1) is 0 Å². The van der Waals surface area contributed by atoms with Crippen molar-refractivity contribution in [1.29, 1.82) is 0 Å². The highest BCUT2D eigenvalue weighted by atomic mass is 16.5. The normalized spacial score (nSPS) is 20.2. The topological polar surface area (TPSA) is 24.8 Å². The standard InChI is InChI=1S/C23H18N2O/c1-25-23(16-15-17-9-5-8-14-21(17)26-23)20-13-7-6-12-19(20)22(24-25)18-10-3-2-4-11-18/h2-16H,1H3. The van der Waals surface area contributed by atoms with Crippen LogP contribution in [0.15, 0.2) is 90.0 Å². The zero-order chi connectivity index (χ0) is 17.6. The number of benzene rings is 3. The van der Waals surface area contributed by atoms with E-state index in [2.05, 4.69) is 54.6 Å². The van der Waals surface area contributed by atoms with E-state index in [4.69, 9.17) is 9.84 Å². The maximum absolute atomic E-state index is 6.52. The van der Waals surface area contributed by atoms with Crippen molar-refractivity contribution in [2.45, 2.75) is 5.72 Å². The Morgan fingerprint density at radius 1 is 0.846 bits per heavy atom. The number of rotatable bonds is 1. The fourth-order valence-corrected chi connectivity index (χ4v) is 3.70. The molecule has 0 aliphatic carbocycles. The number of hydrogen-bond acceptors (Lipinski definition) is 3. The third-order valence-corrected chi connectivity index (χ3v) is 5.02. The van der Waals surface area contributed by atoms with Crippen molar-refractivity contribution in [2.24, 2.45) is 5.10 Å². The zero-order valence-electron chi connectivity index (χ0n) is 14.5. The number of hydrogen-bond donors (Lipinski definition) is 0. The van der Waals surface area contributed by atoms with Crippen LogP contribution >= 0.6 is 0 Å². The fraction of sp³-hybridized carbons (Fsp3) is 0.0870. The second-order valence-corrected chi connectivity index (χ2v) is 6.55. The SMILES string of the molecule is CN1N=C(c2ccccc2)c2ccccc2C12C=Cc1ccccc1O2. The van der Waals surface area contributed by atoms with Gasteiger partial charge in [-0.1, -0.05) is 72.8 Å². The van der Waals surface area contributed by atoms with E-state index in [1.165, 1.54) is 0 Å². The zero-order valence-corrected chi connectivity index (χ0v) is 14.5. The predicted molar refractivity (Wildman–Crippen MR) is 104 cm³/mol. The summed E-state index contributed by atoms with van der Waals surface area (Å²) >= 11 is 0. The second kappa shape index (κ2) is 5.60. The Balaban J connectivity index is 1.71. The summed E-state index contributed by atoms with van der Waals surface area (Å²) in [6, 6.07) is 26.7. The van der Waals surface area contributed by atoms with Crippen LogP contribution in [0.4, 0.5) is 0 Å². The van der Waals surface area contributed by atoms with Gasteiger partial charge in [-0.3, -0.25) is 5.01 Å². The van der Waals surface area contributed by atoms with Crippen LogP contribution in [0.25, 0.3) is 6.08 Å². The monoisotopic (exact) mass is 338 g/mol. The lowest BCUT2D eigenvalue weighted by atomic mass is 9.88. The number of fused-ring (bicyclic) bond motifs is 3. The molecule has 26 heavy (non-hydrogen) atoms. The molecule has 3 aromatic carbocycles. The molecule has 0 aromatic heterocycles. The van der Waals surface area contributed by atoms with Crippen LogP contribution in [0.1, 0.15) is 22.3 Å². The number of para-hydroxylation sites is 1. The van der Waals surface area contributed by atoms with E-state index < -0.39 is 5.72 Å². The van der Waals surface area contributed by atoms with Gasteiger partial charge in [0.2, 0.25) is 5.72 Å². The van der Waals surface area contributed by atoms with Crippen LogP contribution < -0.4 is 4.74 Å². The molecule has 0 radical (unpaired) electrons. The second-order valence-electron chi connectivity index (χ2n) is 6.55. The van der Waals surface area contributed by atoms with Gasteiger partial charge in [-0.05, 0) is 18.2 Å². The maximum atomic E-state index is 6.52. The number of ether oxygens (including phenoxy) is 1. The summed E-state index contributed by atoms with van der Waals surface area (Å²) in [4.78, 5) is 0. The van der Waals surface area contributed by atoms with E-state index in [1.807, 2.05) is 48.5 Å². The molecule has 3 heteroatoms. The first kappa shape index (κ1) is 15.0. The van der Waals surface area contributed by atoms with Crippen molar-refractivity contribution in [3.63, 3.8) is 0 Å². The Bertz CT molecular complexity index is 1040. The summed E-state index contributed by atoms with van der Waals surface area (Å²) in [6.07, 6.45) is 4.22. The molecule has 2 heterocycles. The summed E-state index contributed by atoms with van der Waals surface area (Å²) in [5.74, 6) is 0.870. The van der Waals surface area contributed by atoms with Gasteiger partial charge in [0, 0.05) is 29.3 Å². The molecule has 0 fully saturated rings. The van der Waals surface area contributed by atoms with Gasteiger partial charge in [0.05, 0.1) is 5.71 Å². The first-order chi connectivity index (χ1) is 12.8. The van der Waals surface area contributed by atoms with Gasteiger partial charge in [-0.15, -0.1) is 0 Å². The molecular formula is C23H18N2O. The van der Waals surface area contributed by atoms with Crippen LogP contribution in [-0.2, 0) is 5.72 Å². The molecule has 0 amide bonds. The molecule has 1 atom stereocenters. The van der Waals surface area contributed by atoms with Gasteiger partial charge in [0.1, 0.15) is 5.75 Å². The number of likely N-dealkylation sites (N-methyl/N-ethyl adjacent to an activating group) is 1. The summed E-state index contributed by atoms with van der Waals surface area (Å²) in [5.41, 5.74) is 4.61. The van der Waals surface area contributed by atoms with Gasteiger partial charge < -0.3 is 4.74 Å². The average molecular weight is 338 g/mol. The molecule has 0 saturated carbocycles. The van der Waals surface area contributed by atoms with Crippen molar-refractivity contribution >= 4 is 11.8 Å². The molecule has 1 unspecified atom stereocenters. The quantitative estimate of drug-likeness (QED) is 0.645. The Morgan fingerprint density at radius 2 is 1.58 bits per heavy atom. The summed E-state index contributed by atoms with van der Waals surface area (Å²) in [5, 5.41) is 6.84. The predicted octanol–water partition coefficient (Wildman–Crippen LogP) is 4.64.